The van der Waals surface area contributed by atoms with Crippen molar-refractivity contribution >= 4 is 11.6 Å². The Morgan fingerprint density at radius 3 is 2.66 bits per heavy atom. The summed E-state index contributed by atoms with van der Waals surface area (Å²) >= 11 is 0. The van der Waals surface area contributed by atoms with Gasteiger partial charge in [-0.2, -0.15) is 0 Å². The van der Waals surface area contributed by atoms with E-state index in [1.54, 1.807) is 11.0 Å². The van der Waals surface area contributed by atoms with Crippen LogP contribution in [0, 0.1) is 0 Å². The van der Waals surface area contributed by atoms with Gasteiger partial charge in [0.25, 0.3) is 5.91 Å². The number of nitrogens with zero attached hydrogens (tertiary/aromatic N) is 1. The van der Waals surface area contributed by atoms with Gasteiger partial charge >= 0.3 is 0 Å². The number of benzene rings is 2. The maximum atomic E-state index is 13.5. The molecule has 1 saturated heterocycles. The molecule has 3 rings (SSSR count). The normalized spacial score (nSPS) is 16.8. The Morgan fingerprint density at radius 2 is 2.00 bits per heavy atom. The topological polar surface area (TPSA) is 82.0 Å². The smallest absolute Gasteiger partial charge is 0.262 e. The van der Waals surface area contributed by atoms with E-state index in [2.05, 4.69) is 5.32 Å². The largest absolute Gasteiger partial charge is 0.508 e. The van der Waals surface area contributed by atoms with Crippen molar-refractivity contribution in [3.63, 3.8) is 0 Å². The Kier molecular flexibility index (Phi) is 6.77. The number of nitrogens with one attached hydrogen (secondary N) is 1. The van der Waals surface area contributed by atoms with Crippen molar-refractivity contribution in [1.82, 2.24) is 5.32 Å². The van der Waals surface area contributed by atoms with Crippen LogP contribution in [0.25, 0.3) is 0 Å². The minimum absolute atomic E-state index is 0.00169. The Hall–Kier alpha value is -2.57. The number of ether oxygens (including phenoxy) is 1. The SMILES string of the molecule is CCCN(C(=O)c1cc(C(C)C)c(O)cc1O)c1ccccc1C1CNCCO1. The number of hydrogen-bond donors (Lipinski definition) is 3. The molecule has 29 heavy (non-hydrogen) atoms. The zero-order valence-electron chi connectivity index (χ0n) is 17.3. The Labute approximate surface area is 172 Å². The molecule has 0 bridgehead atoms. The number of phenols is 2. The molecule has 3 N–H and O–H groups in total. The number of rotatable bonds is 6. The van der Waals surface area contributed by atoms with Gasteiger partial charge in [0.05, 0.1) is 18.3 Å². The van der Waals surface area contributed by atoms with Crippen LogP contribution in [0.4, 0.5) is 5.69 Å². The third-order valence-electron chi connectivity index (χ3n) is 5.19. The Bertz CT molecular complexity index is 860. The maximum Gasteiger partial charge on any atom is 0.262 e. The molecule has 1 atom stereocenters. The molecule has 0 spiro atoms. The van der Waals surface area contributed by atoms with Gasteiger partial charge in [-0.05, 0) is 30.0 Å². The van der Waals surface area contributed by atoms with Crippen LogP contribution in [0.1, 0.15) is 60.7 Å². The van der Waals surface area contributed by atoms with E-state index >= 15 is 0 Å². The van der Waals surface area contributed by atoms with Gasteiger partial charge in [-0.1, -0.05) is 39.0 Å². The van der Waals surface area contributed by atoms with Crippen LogP contribution in [-0.4, -0.2) is 42.4 Å². The molecule has 2 aromatic rings. The van der Waals surface area contributed by atoms with Gasteiger partial charge in [-0.15, -0.1) is 0 Å². The lowest BCUT2D eigenvalue weighted by atomic mass is 9.97. The van der Waals surface area contributed by atoms with Crippen molar-refractivity contribution in [2.45, 2.75) is 39.2 Å². The van der Waals surface area contributed by atoms with Gasteiger partial charge in [0.1, 0.15) is 11.5 Å². The van der Waals surface area contributed by atoms with E-state index in [4.69, 9.17) is 4.74 Å². The molecule has 0 radical (unpaired) electrons. The summed E-state index contributed by atoms with van der Waals surface area (Å²) in [6, 6.07) is 10.6. The number of anilines is 1. The predicted octanol–water partition coefficient (Wildman–Crippen LogP) is 3.94. The predicted molar refractivity (Wildman–Crippen MR) is 114 cm³/mol. The minimum atomic E-state index is -0.289. The summed E-state index contributed by atoms with van der Waals surface area (Å²) in [5.74, 6) is -0.484. The van der Waals surface area contributed by atoms with E-state index in [1.807, 2.05) is 45.0 Å². The van der Waals surface area contributed by atoms with Gasteiger partial charge in [-0.25, -0.2) is 0 Å². The summed E-state index contributed by atoms with van der Waals surface area (Å²) in [7, 11) is 0. The van der Waals surface area contributed by atoms with E-state index in [0.29, 0.717) is 25.3 Å². The van der Waals surface area contributed by atoms with E-state index < -0.39 is 0 Å². The number of amides is 1. The number of hydrogen-bond acceptors (Lipinski definition) is 5. The molecule has 156 valence electrons. The Balaban J connectivity index is 2.03. The van der Waals surface area contributed by atoms with Crippen molar-refractivity contribution in [1.29, 1.82) is 0 Å². The summed E-state index contributed by atoms with van der Waals surface area (Å²) in [6.45, 7) is 8.52. The van der Waals surface area contributed by atoms with Crippen LogP contribution in [0.3, 0.4) is 0 Å². The number of carbonyl (C=O) groups excluding carboxylic acids is 1. The number of para-hydroxylation sites is 1. The summed E-state index contributed by atoms with van der Waals surface area (Å²) in [6.07, 6.45) is 0.631. The molecule has 1 fully saturated rings. The highest BCUT2D eigenvalue weighted by Crippen LogP contribution is 2.35. The van der Waals surface area contributed by atoms with Crippen molar-refractivity contribution in [3.05, 3.63) is 53.1 Å². The summed E-state index contributed by atoms with van der Waals surface area (Å²) < 4.78 is 5.93. The molecule has 6 nitrogen and oxygen atoms in total. The van der Waals surface area contributed by atoms with Crippen molar-refractivity contribution in [2.75, 3.05) is 31.1 Å². The highest BCUT2D eigenvalue weighted by atomic mass is 16.5. The zero-order valence-corrected chi connectivity index (χ0v) is 17.3. The molecule has 1 aliphatic heterocycles. The molecule has 6 heteroatoms. The second-order valence-corrected chi connectivity index (χ2v) is 7.66. The van der Waals surface area contributed by atoms with E-state index in [0.717, 1.165) is 24.2 Å². The fourth-order valence-corrected chi connectivity index (χ4v) is 3.70. The van der Waals surface area contributed by atoms with Crippen LogP contribution in [0.5, 0.6) is 11.5 Å². The molecular formula is C23H30N2O4. The van der Waals surface area contributed by atoms with Crippen LogP contribution >= 0.6 is 0 Å². The first-order chi connectivity index (χ1) is 13.9. The number of carbonyl (C=O) groups is 1. The third-order valence-corrected chi connectivity index (χ3v) is 5.19. The molecule has 1 unspecified atom stereocenters. The van der Waals surface area contributed by atoms with Crippen molar-refractivity contribution in [2.24, 2.45) is 0 Å². The van der Waals surface area contributed by atoms with Gasteiger partial charge in [0.2, 0.25) is 0 Å². The van der Waals surface area contributed by atoms with Crippen molar-refractivity contribution in [3.8, 4) is 11.5 Å². The second-order valence-electron chi connectivity index (χ2n) is 7.66. The average molecular weight is 399 g/mol. The van der Waals surface area contributed by atoms with Gasteiger partial charge in [0.15, 0.2) is 0 Å². The molecule has 2 aromatic carbocycles. The highest BCUT2D eigenvalue weighted by Gasteiger charge is 2.27. The average Bonchev–Trinajstić information content (AvgIpc) is 2.72. The van der Waals surface area contributed by atoms with Crippen LogP contribution in [0.2, 0.25) is 0 Å². The van der Waals surface area contributed by atoms with Crippen LogP contribution in [-0.2, 0) is 4.74 Å². The standard InChI is InChI=1S/C23H30N2O4/c1-4-10-25(19-8-6-5-7-16(19)22-14-24-9-11-29-22)23(28)18-12-17(15(2)3)20(26)13-21(18)27/h5-8,12-13,15,22,24,26-27H,4,9-11,14H2,1-3H3. The van der Waals surface area contributed by atoms with Gasteiger partial charge < -0.3 is 25.2 Å². The van der Waals surface area contributed by atoms with E-state index in [9.17, 15) is 15.0 Å². The summed E-state index contributed by atoms with van der Waals surface area (Å²) in [5, 5.41) is 23.9. The second kappa shape index (κ2) is 9.29. The van der Waals surface area contributed by atoms with Crippen LogP contribution in [0.15, 0.2) is 36.4 Å². The molecule has 1 aliphatic rings. The molecule has 0 saturated carbocycles. The fraction of sp³-hybridized carbons (Fsp3) is 0.435. The first kappa shape index (κ1) is 21.1. The summed E-state index contributed by atoms with van der Waals surface area (Å²) in [5.41, 5.74) is 2.56. The fourth-order valence-electron chi connectivity index (χ4n) is 3.70. The van der Waals surface area contributed by atoms with Crippen LogP contribution < -0.4 is 10.2 Å². The third kappa shape index (κ3) is 4.54. The van der Waals surface area contributed by atoms with Crippen molar-refractivity contribution < 1.29 is 19.7 Å². The Morgan fingerprint density at radius 1 is 1.24 bits per heavy atom. The lowest BCUT2D eigenvalue weighted by Gasteiger charge is -2.30. The zero-order chi connectivity index (χ0) is 21.0. The quantitative estimate of drug-likeness (QED) is 0.687. The van der Waals surface area contributed by atoms with Gasteiger partial charge in [0, 0.05) is 37.0 Å². The molecule has 1 amide bonds. The van der Waals surface area contributed by atoms with Gasteiger partial charge in [-0.3, -0.25) is 4.79 Å². The first-order valence-electron chi connectivity index (χ1n) is 10.2. The number of morpholine rings is 1. The molecule has 0 aromatic heterocycles. The summed E-state index contributed by atoms with van der Waals surface area (Å²) in [4.78, 5) is 15.2. The molecule has 1 heterocycles. The van der Waals surface area contributed by atoms with E-state index in [1.165, 1.54) is 6.07 Å². The molecule has 0 aliphatic carbocycles. The monoisotopic (exact) mass is 398 g/mol. The lowest BCUT2D eigenvalue weighted by Crippen LogP contribution is -2.36. The number of aromatic hydroxyl groups is 2. The number of phenolic OH excluding ortho intramolecular Hbond substituents is 2. The lowest BCUT2D eigenvalue weighted by molar-refractivity contribution is 0.0279. The minimum Gasteiger partial charge on any atom is -0.508 e. The van der Waals surface area contributed by atoms with E-state index in [-0.39, 0.29) is 35.0 Å². The highest BCUT2D eigenvalue weighted by molar-refractivity contribution is 6.08. The first-order valence-corrected chi connectivity index (χ1v) is 10.2. The maximum absolute atomic E-state index is 13.5. The molecular weight excluding hydrogens is 368 g/mol.